The van der Waals surface area contributed by atoms with Crippen molar-refractivity contribution in [2.45, 2.75) is 22.2 Å². The van der Waals surface area contributed by atoms with E-state index in [1.165, 1.54) is 54.6 Å². The van der Waals surface area contributed by atoms with Gasteiger partial charge in [-0.25, -0.2) is 26.0 Å². The largest absolute Gasteiger partial charge is 0.457 e. The molecule has 1 unspecified atom stereocenters. The quantitative estimate of drug-likeness (QED) is 0.428. The molecule has 0 fully saturated rings. The van der Waals surface area contributed by atoms with Gasteiger partial charge in [-0.1, -0.05) is 60.7 Å². The lowest BCUT2D eigenvalue weighted by Crippen LogP contribution is -2.56. The number of ether oxygens (including phenoxy) is 1. The van der Waals surface area contributed by atoms with Gasteiger partial charge in [0.25, 0.3) is 20.0 Å². The second-order valence-corrected chi connectivity index (χ2v) is 10.5. The van der Waals surface area contributed by atoms with Crippen LogP contribution in [0, 0.1) is 0 Å². The van der Waals surface area contributed by atoms with Gasteiger partial charge in [0, 0.05) is 5.56 Å². The molecular formula is C21H16FNO6S2. The van der Waals surface area contributed by atoms with Crippen molar-refractivity contribution in [1.82, 2.24) is 3.71 Å². The maximum absolute atomic E-state index is 16.7. The molecule has 0 amide bonds. The van der Waals surface area contributed by atoms with Crippen LogP contribution < -0.4 is 0 Å². The maximum Gasteiger partial charge on any atom is 0.366 e. The first-order chi connectivity index (χ1) is 14.7. The van der Waals surface area contributed by atoms with Gasteiger partial charge in [-0.15, -0.1) is 0 Å². The number of carbonyl (C=O) groups excluding carboxylic acids is 1. The van der Waals surface area contributed by atoms with E-state index < -0.39 is 47.2 Å². The molecule has 0 saturated carbocycles. The SMILES string of the molecule is O=C1OCc2ccccc2C1(F)N(S(=O)(=O)c1ccccc1)S(=O)(=O)c1ccccc1. The fourth-order valence-electron chi connectivity index (χ4n) is 3.33. The first-order valence-electron chi connectivity index (χ1n) is 9.05. The normalized spacial score (nSPS) is 19.0. The van der Waals surface area contributed by atoms with Crippen LogP contribution in [-0.4, -0.2) is 26.5 Å². The van der Waals surface area contributed by atoms with Gasteiger partial charge in [-0.2, -0.15) is 0 Å². The Balaban J connectivity index is 2.07. The highest BCUT2D eigenvalue weighted by Crippen LogP contribution is 2.44. The molecule has 10 heteroatoms. The van der Waals surface area contributed by atoms with E-state index in [1.807, 2.05) is 0 Å². The van der Waals surface area contributed by atoms with Gasteiger partial charge >= 0.3 is 11.8 Å². The van der Waals surface area contributed by atoms with Gasteiger partial charge in [0.1, 0.15) is 6.61 Å². The number of rotatable bonds is 5. The molecule has 160 valence electrons. The lowest BCUT2D eigenvalue weighted by molar-refractivity contribution is -0.169. The first kappa shape index (κ1) is 21.2. The average Bonchev–Trinajstić information content (AvgIpc) is 2.78. The van der Waals surface area contributed by atoms with Crippen molar-refractivity contribution in [3.8, 4) is 0 Å². The molecule has 31 heavy (non-hydrogen) atoms. The number of carbonyl (C=O) groups is 1. The van der Waals surface area contributed by atoms with E-state index in [2.05, 4.69) is 0 Å². The van der Waals surface area contributed by atoms with E-state index in [4.69, 9.17) is 4.74 Å². The summed E-state index contributed by atoms with van der Waals surface area (Å²) in [5, 5.41) is 0. The van der Waals surface area contributed by atoms with Crippen LogP contribution in [0.1, 0.15) is 11.1 Å². The molecule has 0 radical (unpaired) electrons. The van der Waals surface area contributed by atoms with E-state index in [0.29, 0.717) is 0 Å². The highest BCUT2D eigenvalue weighted by molar-refractivity contribution is 8.04. The Labute approximate surface area is 178 Å². The Morgan fingerprint density at radius 1 is 0.742 bits per heavy atom. The van der Waals surface area contributed by atoms with Crippen LogP contribution >= 0.6 is 0 Å². The lowest BCUT2D eigenvalue weighted by Gasteiger charge is -2.37. The van der Waals surface area contributed by atoms with Crippen LogP contribution in [0.25, 0.3) is 0 Å². The molecule has 4 rings (SSSR count). The number of alkyl halides is 1. The Morgan fingerprint density at radius 2 is 1.19 bits per heavy atom. The van der Waals surface area contributed by atoms with Crippen molar-refractivity contribution in [2.75, 3.05) is 0 Å². The number of hydrogen-bond acceptors (Lipinski definition) is 6. The summed E-state index contributed by atoms with van der Waals surface area (Å²) in [6.45, 7) is -0.314. The van der Waals surface area contributed by atoms with Crippen LogP contribution in [0.5, 0.6) is 0 Å². The number of benzene rings is 3. The van der Waals surface area contributed by atoms with Crippen LogP contribution in [0.4, 0.5) is 4.39 Å². The fraction of sp³-hybridized carbons (Fsp3) is 0.0952. The number of hydrogen-bond donors (Lipinski definition) is 0. The predicted octanol–water partition coefficient (Wildman–Crippen LogP) is 2.95. The van der Waals surface area contributed by atoms with Gasteiger partial charge in [-0.3, -0.25) is 0 Å². The van der Waals surface area contributed by atoms with E-state index >= 15 is 4.39 Å². The van der Waals surface area contributed by atoms with E-state index in [-0.39, 0.29) is 15.9 Å². The summed E-state index contributed by atoms with van der Waals surface area (Å²) in [5.74, 6) is -5.27. The number of cyclic esters (lactones) is 1. The molecular weight excluding hydrogens is 445 g/mol. The van der Waals surface area contributed by atoms with Crippen molar-refractivity contribution in [1.29, 1.82) is 0 Å². The van der Waals surface area contributed by atoms with Gasteiger partial charge in [-0.05, 0) is 33.5 Å². The number of esters is 1. The zero-order valence-corrected chi connectivity index (χ0v) is 17.5. The fourth-order valence-corrected chi connectivity index (χ4v) is 7.27. The zero-order valence-electron chi connectivity index (χ0n) is 15.9. The zero-order chi connectivity index (χ0) is 22.3. The molecule has 1 aliphatic heterocycles. The number of halogens is 1. The van der Waals surface area contributed by atoms with Gasteiger partial charge in [0.05, 0.1) is 9.79 Å². The standard InChI is InChI=1S/C21H16FNO6S2/c22-21(19-14-8-7-9-16(19)15-29-20(21)24)23(30(25,26)17-10-3-1-4-11-17)31(27,28)18-12-5-2-6-13-18/h1-14H,15H2. The van der Waals surface area contributed by atoms with E-state index in [1.54, 1.807) is 6.07 Å². The van der Waals surface area contributed by atoms with Crippen LogP contribution in [0.3, 0.4) is 0 Å². The van der Waals surface area contributed by atoms with Crippen molar-refractivity contribution < 1.29 is 30.8 Å². The summed E-state index contributed by atoms with van der Waals surface area (Å²) in [7, 11) is -10.1. The Kier molecular flexibility index (Phi) is 5.16. The molecule has 0 N–H and O–H groups in total. The summed E-state index contributed by atoms with van der Waals surface area (Å²) in [4.78, 5) is 11.7. The molecule has 1 heterocycles. The topological polar surface area (TPSA) is 97.8 Å². The monoisotopic (exact) mass is 461 g/mol. The van der Waals surface area contributed by atoms with Crippen molar-refractivity contribution >= 4 is 26.0 Å². The van der Waals surface area contributed by atoms with Gasteiger partial charge in [0.15, 0.2) is 0 Å². The molecule has 3 aromatic rings. The highest BCUT2D eigenvalue weighted by atomic mass is 32.3. The second kappa shape index (κ2) is 7.56. The maximum atomic E-state index is 16.7. The molecule has 0 spiro atoms. The van der Waals surface area contributed by atoms with E-state index in [0.717, 1.165) is 24.3 Å². The molecule has 0 saturated heterocycles. The molecule has 7 nitrogen and oxygen atoms in total. The smallest absolute Gasteiger partial charge is 0.366 e. The van der Waals surface area contributed by atoms with Gasteiger partial charge < -0.3 is 4.74 Å². The second-order valence-electron chi connectivity index (χ2n) is 6.69. The summed E-state index contributed by atoms with van der Waals surface area (Å²) >= 11 is 0. The summed E-state index contributed by atoms with van der Waals surface area (Å²) in [6, 6.07) is 18.5. The third-order valence-electron chi connectivity index (χ3n) is 4.77. The first-order valence-corrected chi connectivity index (χ1v) is 11.9. The van der Waals surface area contributed by atoms with Crippen LogP contribution in [0.15, 0.2) is 94.7 Å². The number of sulfonamides is 2. The van der Waals surface area contributed by atoms with Crippen molar-refractivity contribution in [3.05, 3.63) is 96.1 Å². The third kappa shape index (κ3) is 3.32. The molecule has 1 atom stereocenters. The number of fused-ring (bicyclic) bond motifs is 1. The minimum Gasteiger partial charge on any atom is -0.457 e. The Morgan fingerprint density at radius 3 is 1.71 bits per heavy atom. The molecule has 0 aromatic heterocycles. The Bertz CT molecular complexity index is 1280. The minimum atomic E-state index is -5.07. The molecule has 0 aliphatic carbocycles. The lowest BCUT2D eigenvalue weighted by atomic mass is 9.97. The summed E-state index contributed by atoms with van der Waals surface area (Å²) in [5.41, 5.74) is -0.258. The molecule has 3 aromatic carbocycles. The average molecular weight is 461 g/mol. The highest BCUT2D eigenvalue weighted by Gasteiger charge is 2.62. The van der Waals surface area contributed by atoms with Crippen molar-refractivity contribution in [2.24, 2.45) is 0 Å². The predicted molar refractivity (Wildman–Crippen MR) is 108 cm³/mol. The summed E-state index contributed by atoms with van der Waals surface area (Å²) < 4.78 is 75.2. The van der Waals surface area contributed by atoms with Crippen LogP contribution in [0.2, 0.25) is 0 Å². The Hall–Kier alpha value is -3.08. The molecule has 0 bridgehead atoms. The molecule has 1 aliphatic rings. The third-order valence-corrected chi connectivity index (χ3v) is 9.06. The summed E-state index contributed by atoms with van der Waals surface area (Å²) in [6.07, 6.45) is 0. The minimum absolute atomic E-state index is 0.154. The van der Waals surface area contributed by atoms with Crippen LogP contribution in [-0.2, 0) is 42.0 Å². The van der Waals surface area contributed by atoms with Gasteiger partial charge in [0.2, 0.25) is 0 Å². The number of nitrogens with zero attached hydrogens (tertiary/aromatic N) is 1. The van der Waals surface area contributed by atoms with Crippen molar-refractivity contribution in [3.63, 3.8) is 0 Å². The van der Waals surface area contributed by atoms with E-state index in [9.17, 15) is 21.6 Å².